The van der Waals surface area contributed by atoms with Crippen LogP contribution in [0.25, 0.3) is 0 Å². The van der Waals surface area contributed by atoms with Crippen LogP contribution in [0.2, 0.25) is 0 Å². The van der Waals surface area contributed by atoms with Crippen molar-refractivity contribution in [1.29, 1.82) is 0 Å². The molecule has 0 aliphatic rings. The summed E-state index contributed by atoms with van der Waals surface area (Å²) in [5.74, 6) is -2.98. The second-order valence-corrected chi connectivity index (χ2v) is 2.44. The van der Waals surface area contributed by atoms with E-state index in [1.165, 1.54) is 0 Å². The lowest BCUT2D eigenvalue weighted by atomic mass is 10.0. The van der Waals surface area contributed by atoms with Gasteiger partial charge in [0.25, 0.3) is 0 Å². The van der Waals surface area contributed by atoms with E-state index in [0.29, 0.717) is 0 Å². The first-order valence-corrected chi connectivity index (χ1v) is 3.29. The molecule has 0 unspecified atom stereocenters. The SMILES string of the molecule is NC(=O)CC(CC(N)=O)C(N)=O. The number of rotatable bonds is 5. The lowest BCUT2D eigenvalue weighted by Crippen LogP contribution is -2.31. The summed E-state index contributed by atoms with van der Waals surface area (Å²) in [6.45, 7) is 0. The fourth-order valence-electron chi connectivity index (χ4n) is 0.759. The Morgan fingerprint density at radius 1 is 0.917 bits per heavy atom. The minimum absolute atomic E-state index is 0.238. The highest BCUT2D eigenvalue weighted by Gasteiger charge is 2.19. The smallest absolute Gasteiger partial charge is 0.221 e. The molecule has 0 saturated heterocycles. The van der Waals surface area contributed by atoms with Gasteiger partial charge in [-0.15, -0.1) is 0 Å². The molecule has 0 aliphatic heterocycles. The van der Waals surface area contributed by atoms with Crippen LogP contribution in [0.3, 0.4) is 0 Å². The van der Waals surface area contributed by atoms with Crippen LogP contribution >= 0.6 is 0 Å². The minimum Gasteiger partial charge on any atom is -0.370 e. The van der Waals surface area contributed by atoms with Crippen LogP contribution in [-0.4, -0.2) is 17.7 Å². The van der Waals surface area contributed by atoms with Crippen LogP contribution < -0.4 is 17.2 Å². The van der Waals surface area contributed by atoms with Crippen LogP contribution in [0.4, 0.5) is 0 Å². The highest BCUT2D eigenvalue weighted by Crippen LogP contribution is 2.06. The van der Waals surface area contributed by atoms with Crippen molar-refractivity contribution in [2.45, 2.75) is 12.8 Å². The highest BCUT2D eigenvalue weighted by atomic mass is 16.2. The molecule has 0 aromatic carbocycles. The predicted octanol–water partition coefficient (Wildman–Crippen LogP) is -2.16. The molecule has 68 valence electrons. The highest BCUT2D eigenvalue weighted by molar-refractivity contribution is 5.88. The molecule has 6 N–H and O–H groups in total. The number of carbonyl (C=O) groups excluding carboxylic acids is 3. The summed E-state index contributed by atoms with van der Waals surface area (Å²) in [6.07, 6.45) is -0.476. The van der Waals surface area contributed by atoms with E-state index >= 15 is 0 Å². The molecule has 0 fully saturated rings. The second-order valence-electron chi connectivity index (χ2n) is 2.44. The van der Waals surface area contributed by atoms with Crippen molar-refractivity contribution in [2.24, 2.45) is 23.1 Å². The number of amides is 3. The Morgan fingerprint density at radius 2 is 1.25 bits per heavy atom. The summed E-state index contributed by atoms with van der Waals surface area (Å²) in [4.78, 5) is 31.3. The van der Waals surface area contributed by atoms with E-state index in [9.17, 15) is 14.4 Å². The Labute approximate surface area is 69.1 Å². The molecule has 0 aromatic heterocycles. The van der Waals surface area contributed by atoms with E-state index in [0.717, 1.165) is 0 Å². The van der Waals surface area contributed by atoms with E-state index in [-0.39, 0.29) is 12.8 Å². The largest absolute Gasteiger partial charge is 0.370 e. The number of nitrogens with two attached hydrogens (primary N) is 3. The fraction of sp³-hybridized carbons (Fsp3) is 0.500. The van der Waals surface area contributed by atoms with E-state index in [2.05, 4.69) is 0 Å². The average molecular weight is 173 g/mol. The van der Waals surface area contributed by atoms with Crippen molar-refractivity contribution >= 4 is 17.7 Å². The van der Waals surface area contributed by atoms with Crippen LogP contribution in [0, 0.1) is 5.92 Å². The van der Waals surface area contributed by atoms with Crippen LogP contribution in [0.1, 0.15) is 12.8 Å². The van der Waals surface area contributed by atoms with Crippen molar-refractivity contribution in [3.8, 4) is 0 Å². The lowest BCUT2D eigenvalue weighted by Gasteiger charge is -2.07. The third kappa shape index (κ3) is 4.26. The summed E-state index contributed by atoms with van der Waals surface area (Å²) >= 11 is 0. The van der Waals surface area contributed by atoms with Crippen LogP contribution in [0.5, 0.6) is 0 Å². The number of carbonyl (C=O) groups is 3. The van der Waals surface area contributed by atoms with E-state index in [1.54, 1.807) is 0 Å². The summed E-state index contributed by atoms with van der Waals surface area (Å²) < 4.78 is 0. The minimum atomic E-state index is -0.875. The molecule has 0 radical (unpaired) electrons. The van der Waals surface area contributed by atoms with Gasteiger partial charge in [-0.05, 0) is 0 Å². The van der Waals surface area contributed by atoms with Crippen molar-refractivity contribution < 1.29 is 14.4 Å². The zero-order valence-corrected chi connectivity index (χ0v) is 6.45. The molecule has 0 aliphatic carbocycles. The second kappa shape index (κ2) is 4.32. The quantitative estimate of drug-likeness (QED) is 0.437. The fourth-order valence-corrected chi connectivity index (χ4v) is 0.759. The summed E-state index contributed by atoms with van der Waals surface area (Å²) in [5, 5.41) is 0. The molecular weight excluding hydrogens is 162 g/mol. The van der Waals surface area contributed by atoms with Gasteiger partial charge < -0.3 is 17.2 Å². The molecular formula is C6H11N3O3. The Balaban J connectivity index is 4.14. The molecule has 0 atom stereocenters. The van der Waals surface area contributed by atoms with Gasteiger partial charge in [-0.3, -0.25) is 14.4 Å². The number of hydrogen-bond donors (Lipinski definition) is 3. The Hall–Kier alpha value is -1.59. The maximum atomic E-state index is 10.6. The van der Waals surface area contributed by atoms with Gasteiger partial charge in [0.2, 0.25) is 17.7 Å². The third-order valence-electron chi connectivity index (χ3n) is 1.30. The zero-order valence-electron chi connectivity index (χ0n) is 6.45. The van der Waals surface area contributed by atoms with Gasteiger partial charge in [0.1, 0.15) is 0 Å². The summed E-state index contributed by atoms with van der Waals surface area (Å²) in [7, 11) is 0. The van der Waals surface area contributed by atoms with E-state index in [4.69, 9.17) is 17.2 Å². The molecule has 6 nitrogen and oxygen atoms in total. The van der Waals surface area contributed by atoms with Crippen molar-refractivity contribution in [3.05, 3.63) is 0 Å². The molecule has 0 rings (SSSR count). The van der Waals surface area contributed by atoms with Gasteiger partial charge in [0.05, 0.1) is 5.92 Å². The standard InChI is InChI=1S/C6H11N3O3/c7-4(10)1-3(6(9)12)2-5(8)11/h3H,1-2H2,(H2,7,10)(H2,8,11)(H2,9,12). The Kier molecular flexibility index (Phi) is 3.75. The van der Waals surface area contributed by atoms with Gasteiger partial charge in [-0.2, -0.15) is 0 Å². The van der Waals surface area contributed by atoms with Gasteiger partial charge in [-0.25, -0.2) is 0 Å². The van der Waals surface area contributed by atoms with Crippen LogP contribution in [0.15, 0.2) is 0 Å². The average Bonchev–Trinajstić information content (AvgIpc) is 1.83. The number of hydrogen-bond acceptors (Lipinski definition) is 3. The number of primary amides is 3. The Bertz CT molecular complexity index is 198. The molecule has 0 aromatic rings. The van der Waals surface area contributed by atoms with Crippen molar-refractivity contribution in [1.82, 2.24) is 0 Å². The van der Waals surface area contributed by atoms with Gasteiger partial charge >= 0.3 is 0 Å². The molecule has 6 heteroatoms. The molecule has 3 amide bonds. The first-order chi connectivity index (χ1) is 5.43. The van der Waals surface area contributed by atoms with E-state index < -0.39 is 23.6 Å². The normalized spacial score (nSPS) is 9.75. The third-order valence-corrected chi connectivity index (χ3v) is 1.30. The Morgan fingerprint density at radius 3 is 1.42 bits per heavy atom. The molecule has 0 bridgehead atoms. The van der Waals surface area contributed by atoms with Crippen molar-refractivity contribution in [3.63, 3.8) is 0 Å². The molecule has 0 saturated carbocycles. The topological polar surface area (TPSA) is 129 Å². The summed E-state index contributed by atoms with van der Waals surface area (Å²) in [5.41, 5.74) is 14.5. The van der Waals surface area contributed by atoms with E-state index in [1.807, 2.05) is 0 Å². The molecule has 12 heavy (non-hydrogen) atoms. The first kappa shape index (κ1) is 10.4. The molecule has 0 heterocycles. The van der Waals surface area contributed by atoms with Gasteiger partial charge in [-0.1, -0.05) is 0 Å². The van der Waals surface area contributed by atoms with Crippen LogP contribution in [-0.2, 0) is 14.4 Å². The maximum Gasteiger partial charge on any atom is 0.221 e. The van der Waals surface area contributed by atoms with Crippen molar-refractivity contribution in [2.75, 3.05) is 0 Å². The first-order valence-electron chi connectivity index (χ1n) is 3.29. The maximum absolute atomic E-state index is 10.6. The lowest BCUT2D eigenvalue weighted by molar-refractivity contribution is -0.130. The van der Waals surface area contributed by atoms with Gasteiger partial charge in [0.15, 0.2) is 0 Å². The van der Waals surface area contributed by atoms with Gasteiger partial charge in [0, 0.05) is 12.8 Å². The monoisotopic (exact) mass is 173 g/mol. The predicted molar refractivity (Wildman–Crippen MR) is 40.3 cm³/mol. The molecule has 0 spiro atoms. The zero-order chi connectivity index (χ0) is 9.72. The summed E-state index contributed by atoms with van der Waals surface area (Å²) in [6, 6.07) is 0.